The first-order valence-electron chi connectivity index (χ1n) is 11.7. The van der Waals surface area contributed by atoms with Gasteiger partial charge in [0, 0.05) is 46.9 Å². The van der Waals surface area contributed by atoms with Crippen LogP contribution in [0.2, 0.25) is 0 Å². The zero-order valence-corrected chi connectivity index (χ0v) is 21.8. The van der Waals surface area contributed by atoms with Crippen molar-refractivity contribution < 1.29 is 23.8 Å². The lowest BCUT2D eigenvalue weighted by Crippen LogP contribution is -2.48. The molecule has 2 heterocycles. The number of esters is 2. The van der Waals surface area contributed by atoms with E-state index in [9.17, 15) is 9.59 Å². The van der Waals surface area contributed by atoms with E-state index in [1.807, 2.05) is 79.9 Å². The molecule has 5 rings (SSSR count). The van der Waals surface area contributed by atoms with Crippen molar-refractivity contribution in [2.24, 2.45) is 5.92 Å². The molecule has 0 unspecified atom stereocenters. The number of para-hydroxylation sites is 1. The molecule has 3 aromatic carbocycles. The third-order valence-corrected chi connectivity index (χ3v) is 6.81. The molecule has 1 aliphatic heterocycles. The molecule has 4 aromatic rings. The first-order chi connectivity index (χ1) is 17.2. The van der Waals surface area contributed by atoms with Crippen LogP contribution in [0.15, 0.2) is 77.4 Å². The number of aryl methyl sites for hydroxylation is 1. The van der Waals surface area contributed by atoms with E-state index in [0.717, 1.165) is 26.5 Å². The van der Waals surface area contributed by atoms with Crippen molar-refractivity contribution in [2.45, 2.75) is 39.1 Å². The largest absolute Gasteiger partial charge is 0.489 e. The number of aromatic amines is 1. The number of aromatic nitrogens is 1. The maximum atomic E-state index is 13.3. The number of rotatable bonds is 6. The van der Waals surface area contributed by atoms with Gasteiger partial charge in [-0.25, -0.2) is 0 Å². The van der Waals surface area contributed by atoms with Crippen molar-refractivity contribution in [2.75, 3.05) is 0 Å². The van der Waals surface area contributed by atoms with Crippen LogP contribution in [0.5, 0.6) is 5.75 Å². The third kappa shape index (κ3) is 4.75. The summed E-state index contributed by atoms with van der Waals surface area (Å²) >= 11 is 3.56. The molecular weight excluding hydrogens is 522 g/mol. The second kappa shape index (κ2) is 9.47. The van der Waals surface area contributed by atoms with Gasteiger partial charge in [-0.2, -0.15) is 0 Å². The van der Waals surface area contributed by atoms with E-state index in [0.29, 0.717) is 17.9 Å². The number of carbonyl (C=O) groups excluding carboxylic acids is 2. The second-order valence-electron chi connectivity index (χ2n) is 9.44. The minimum absolute atomic E-state index is 0.335. The quantitative estimate of drug-likeness (QED) is 0.223. The van der Waals surface area contributed by atoms with Crippen LogP contribution in [0.3, 0.4) is 0 Å². The molecule has 184 valence electrons. The van der Waals surface area contributed by atoms with E-state index in [2.05, 4.69) is 20.9 Å². The lowest BCUT2D eigenvalue weighted by Gasteiger charge is -2.36. The van der Waals surface area contributed by atoms with Crippen LogP contribution in [0, 0.1) is 12.8 Å². The zero-order valence-electron chi connectivity index (χ0n) is 20.2. The molecule has 1 N–H and O–H groups in total. The van der Waals surface area contributed by atoms with Crippen molar-refractivity contribution >= 4 is 38.8 Å². The first-order valence-corrected chi connectivity index (χ1v) is 12.5. The van der Waals surface area contributed by atoms with Gasteiger partial charge in [-0.15, -0.1) is 0 Å². The molecule has 0 radical (unpaired) electrons. The van der Waals surface area contributed by atoms with E-state index in [-0.39, 0.29) is 0 Å². The number of H-pyrrole nitrogens is 1. The number of hydrogen-bond acceptors (Lipinski definition) is 5. The van der Waals surface area contributed by atoms with Crippen molar-refractivity contribution in [1.82, 2.24) is 4.98 Å². The number of halogens is 1. The van der Waals surface area contributed by atoms with Gasteiger partial charge in [0.15, 0.2) is 5.92 Å². The molecule has 36 heavy (non-hydrogen) atoms. The van der Waals surface area contributed by atoms with Gasteiger partial charge in [-0.3, -0.25) is 9.59 Å². The zero-order chi connectivity index (χ0) is 25.4. The Labute approximate surface area is 217 Å². The average molecular weight is 548 g/mol. The summed E-state index contributed by atoms with van der Waals surface area (Å²) in [5, 5.41) is 0.900. The Bertz CT molecular complexity index is 1420. The fourth-order valence-corrected chi connectivity index (χ4v) is 5.00. The first kappa shape index (κ1) is 24.1. The summed E-state index contributed by atoms with van der Waals surface area (Å²) in [6, 6.07) is 21.5. The lowest BCUT2D eigenvalue weighted by molar-refractivity contribution is -0.240. The predicted octanol–water partition coefficient (Wildman–Crippen LogP) is 6.40. The minimum atomic E-state index is -1.32. The van der Waals surface area contributed by atoms with Gasteiger partial charge in [-0.1, -0.05) is 64.0 Å². The normalized spacial score (nSPS) is 16.4. The van der Waals surface area contributed by atoms with Crippen molar-refractivity contribution in [3.63, 3.8) is 0 Å². The number of carbonyl (C=O) groups is 2. The van der Waals surface area contributed by atoms with Gasteiger partial charge in [0.2, 0.25) is 0 Å². The van der Waals surface area contributed by atoms with Gasteiger partial charge in [-0.05, 0) is 42.3 Å². The van der Waals surface area contributed by atoms with Crippen LogP contribution < -0.4 is 4.74 Å². The maximum absolute atomic E-state index is 13.3. The third-order valence-electron chi connectivity index (χ3n) is 6.31. The Hall–Kier alpha value is -3.58. The highest BCUT2D eigenvalue weighted by Crippen LogP contribution is 2.44. The Morgan fingerprint density at radius 3 is 2.39 bits per heavy atom. The van der Waals surface area contributed by atoms with E-state index in [1.54, 1.807) is 13.8 Å². The molecule has 1 atom stereocenters. The highest BCUT2D eigenvalue weighted by Gasteiger charge is 2.49. The topological polar surface area (TPSA) is 77.6 Å². The summed E-state index contributed by atoms with van der Waals surface area (Å²) < 4.78 is 18.1. The Balaban J connectivity index is 1.63. The van der Waals surface area contributed by atoms with Crippen LogP contribution >= 0.6 is 15.9 Å². The van der Waals surface area contributed by atoms with Crippen molar-refractivity contribution in [3.05, 3.63) is 99.7 Å². The van der Waals surface area contributed by atoms with Crippen LogP contribution in [0.4, 0.5) is 0 Å². The summed E-state index contributed by atoms with van der Waals surface area (Å²) in [7, 11) is 0. The molecule has 0 amide bonds. The molecular formula is C29H26BrNO5. The number of fused-ring (bicyclic) bond motifs is 1. The molecule has 0 spiro atoms. The van der Waals surface area contributed by atoms with Gasteiger partial charge < -0.3 is 19.2 Å². The van der Waals surface area contributed by atoms with Gasteiger partial charge in [0.25, 0.3) is 5.79 Å². The predicted molar refractivity (Wildman–Crippen MR) is 140 cm³/mol. The fourth-order valence-electron chi connectivity index (χ4n) is 4.62. The summed E-state index contributed by atoms with van der Waals surface area (Å²) in [5.41, 5.74) is 4.53. The Kier molecular flexibility index (Phi) is 6.35. The Morgan fingerprint density at radius 2 is 1.67 bits per heavy atom. The summed E-state index contributed by atoms with van der Waals surface area (Å²) in [6.07, 6.45) is 1.83. The van der Waals surface area contributed by atoms with Crippen molar-refractivity contribution in [3.8, 4) is 5.75 Å². The average Bonchev–Trinajstić information content (AvgIpc) is 3.25. The molecule has 1 fully saturated rings. The van der Waals surface area contributed by atoms with E-state index >= 15 is 0 Å². The lowest BCUT2D eigenvalue weighted by atomic mass is 9.79. The maximum Gasteiger partial charge on any atom is 0.324 e. The number of hydrogen-bond donors (Lipinski definition) is 1. The fraction of sp³-hybridized carbons (Fsp3) is 0.241. The number of nitrogens with one attached hydrogen (secondary N) is 1. The molecule has 0 bridgehead atoms. The highest BCUT2D eigenvalue weighted by molar-refractivity contribution is 9.10. The highest BCUT2D eigenvalue weighted by atomic mass is 79.9. The van der Waals surface area contributed by atoms with Crippen LogP contribution in [0.1, 0.15) is 42.0 Å². The van der Waals surface area contributed by atoms with E-state index in [4.69, 9.17) is 14.2 Å². The summed E-state index contributed by atoms with van der Waals surface area (Å²) in [4.78, 5) is 29.8. The number of benzene rings is 3. The number of ether oxygens (including phenoxy) is 3. The minimum Gasteiger partial charge on any atom is -0.489 e. The molecule has 7 heteroatoms. The standard InChI is InChI=1S/C29H26BrNO5/c1-17-8-10-18(11-9-17)16-34-24-13-12-19(30)14-21(24)25(22-15-31-23-7-5-4-6-20(22)23)26-27(32)35-29(2,3)36-28(26)33/h4-15,25-26,31H,16H2,1-3H3/t25-/m1/s1. The van der Waals surface area contributed by atoms with Crippen molar-refractivity contribution in [1.29, 1.82) is 0 Å². The summed E-state index contributed by atoms with van der Waals surface area (Å²) in [6.45, 7) is 5.47. The van der Waals surface area contributed by atoms with Crippen LogP contribution in [-0.4, -0.2) is 22.7 Å². The van der Waals surface area contributed by atoms with Gasteiger partial charge >= 0.3 is 11.9 Å². The van der Waals surface area contributed by atoms with E-state index in [1.165, 1.54) is 5.56 Å². The SMILES string of the molecule is Cc1ccc(COc2ccc(Br)cc2[C@H](c2c[nH]c3ccccc23)C2C(=O)OC(C)(C)OC2=O)cc1. The molecule has 0 saturated carbocycles. The second-order valence-corrected chi connectivity index (χ2v) is 10.4. The molecule has 6 nitrogen and oxygen atoms in total. The number of cyclic esters (lactones) is 2. The molecule has 0 aliphatic carbocycles. The molecule has 1 saturated heterocycles. The van der Waals surface area contributed by atoms with E-state index < -0.39 is 29.6 Å². The van der Waals surface area contributed by atoms with Crippen LogP contribution in [-0.2, 0) is 25.7 Å². The molecule has 1 aromatic heterocycles. The van der Waals surface area contributed by atoms with Gasteiger partial charge in [0.05, 0.1) is 0 Å². The monoisotopic (exact) mass is 547 g/mol. The Morgan fingerprint density at radius 1 is 0.972 bits per heavy atom. The van der Waals surface area contributed by atoms with Gasteiger partial charge in [0.1, 0.15) is 12.4 Å². The summed E-state index contributed by atoms with van der Waals surface area (Å²) in [5.74, 6) is -3.92. The van der Waals surface area contributed by atoms with Crippen LogP contribution in [0.25, 0.3) is 10.9 Å². The smallest absolute Gasteiger partial charge is 0.324 e. The molecule has 1 aliphatic rings.